The van der Waals surface area contributed by atoms with E-state index >= 15 is 0 Å². The molecule has 184 valence electrons. The van der Waals surface area contributed by atoms with Crippen molar-refractivity contribution in [2.45, 2.75) is 24.9 Å². The van der Waals surface area contributed by atoms with E-state index in [4.69, 9.17) is 11.6 Å². The molecule has 4 nitrogen and oxygen atoms in total. The van der Waals surface area contributed by atoms with Crippen LogP contribution in [0.15, 0.2) is 48.5 Å². The Labute approximate surface area is 203 Å². The summed E-state index contributed by atoms with van der Waals surface area (Å²) in [6.07, 6.45) is 0.503. The molecule has 0 aliphatic heterocycles. The topological polar surface area (TPSA) is 49.4 Å². The summed E-state index contributed by atoms with van der Waals surface area (Å²) in [4.78, 5) is 24.4. The number of hydrogen-bond acceptors (Lipinski definition) is 3. The SMILES string of the molecule is CN(Cc1cc(F)cc(F)c1)c1cc(C(=O)NCc2c(F)cc(F)cc2F)ccc1C(C)(Cl)C=O. The molecule has 0 bridgehead atoms. The number of nitrogens with one attached hydrogen (secondary N) is 1. The molecule has 1 N–H and O–H groups in total. The first-order valence-corrected chi connectivity index (χ1v) is 10.7. The van der Waals surface area contributed by atoms with Gasteiger partial charge >= 0.3 is 0 Å². The molecule has 0 fully saturated rings. The van der Waals surface area contributed by atoms with Crippen molar-refractivity contribution in [2.75, 3.05) is 11.9 Å². The van der Waals surface area contributed by atoms with Crippen LogP contribution in [0.4, 0.5) is 27.6 Å². The number of carbonyl (C=O) groups is 2. The van der Waals surface area contributed by atoms with E-state index in [1.165, 1.54) is 25.1 Å². The molecule has 0 aromatic heterocycles. The van der Waals surface area contributed by atoms with E-state index in [1.54, 1.807) is 11.9 Å². The lowest BCUT2D eigenvalue weighted by molar-refractivity contribution is -0.109. The lowest BCUT2D eigenvalue weighted by Gasteiger charge is -2.27. The summed E-state index contributed by atoms with van der Waals surface area (Å²) in [6.45, 7) is 0.897. The second kappa shape index (κ2) is 10.4. The molecule has 1 amide bonds. The fourth-order valence-electron chi connectivity index (χ4n) is 3.54. The highest BCUT2D eigenvalue weighted by atomic mass is 35.5. The van der Waals surface area contributed by atoms with Crippen LogP contribution in [0.3, 0.4) is 0 Å². The number of benzene rings is 3. The fraction of sp³-hybridized carbons (Fsp3) is 0.200. The second-order valence-corrected chi connectivity index (χ2v) is 8.87. The molecule has 0 spiro atoms. The molecule has 0 aliphatic rings. The van der Waals surface area contributed by atoms with Gasteiger partial charge in [0.25, 0.3) is 5.91 Å². The van der Waals surface area contributed by atoms with Gasteiger partial charge in [0.2, 0.25) is 0 Å². The minimum absolute atomic E-state index is 0.00454. The van der Waals surface area contributed by atoms with Gasteiger partial charge in [0.05, 0.1) is 0 Å². The number of rotatable bonds is 8. The normalized spacial score (nSPS) is 12.7. The van der Waals surface area contributed by atoms with Crippen molar-refractivity contribution in [2.24, 2.45) is 0 Å². The van der Waals surface area contributed by atoms with Gasteiger partial charge in [0.15, 0.2) is 0 Å². The van der Waals surface area contributed by atoms with Crippen molar-refractivity contribution in [1.29, 1.82) is 0 Å². The quantitative estimate of drug-likeness (QED) is 0.244. The van der Waals surface area contributed by atoms with Crippen molar-refractivity contribution >= 4 is 29.5 Å². The minimum atomic E-state index is -1.48. The highest BCUT2D eigenvalue weighted by molar-refractivity contribution is 6.31. The van der Waals surface area contributed by atoms with Crippen molar-refractivity contribution in [1.82, 2.24) is 5.32 Å². The standard InChI is InChI=1S/C25H20ClF5N2O2/c1-25(26,13-34)20-4-3-15(24(35)32-11-19-21(30)9-18(29)10-22(19)31)7-23(20)33(2)12-14-5-16(27)8-17(28)6-14/h3-10,13H,11-12H2,1-2H3,(H,32,35). The van der Waals surface area contributed by atoms with Gasteiger partial charge in [-0.3, -0.25) is 4.79 Å². The van der Waals surface area contributed by atoms with E-state index in [-0.39, 0.29) is 17.7 Å². The van der Waals surface area contributed by atoms with Crippen LogP contribution in [0, 0.1) is 29.1 Å². The summed E-state index contributed by atoms with van der Waals surface area (Å²) >= 11 is 6.34. The molecule has 35 heavy (non-hydrogen) atoms. The van der Waals surface area contributed by atoms with Crippen molar-refractivity contribution in [3.63, 3.8) is 0 Å². The van der Waals surface area contributed by atoms with Crippen molar-refractivity contribution in [3.05, 3.63) is 99.9 Å². The highest BCUT2D eigenvalue weighted by Crippen LogP contribution is 2.35. The van der Waals surface area contributed by atoms with Gasteiger partial charge in [0.1, 0.15) is 40.2 Å². The fourth-order valence-corrected chi connectivity index (χ4v) is 3.70. The number of nitrogens with zero attached hydrogens (tertiary/aromatic N) is 1. The first-order valence-electron chi connectivity index (χ1n) is 10.3. The van der Waals surface area contributed by atoms with Gasteiger partial charge in [-0.1, -0.05) is 6.07 Å². The van der Waals surface area contributed by atoms with E-state index in [0.29, 0.717) is 29.7 Å². The Hall–Kier alpha value is -3.46. The van der Waals surface area contributed by atoms with Crippen LogP contribution in [0.2, 0.25) is 0 Å². The monoisotopic (exact) mass is 510 g/mol. The van der Waals surface area contributed by atoms with Crippen LogP contribution in [0.1, 0.15) is 34.0 Å². The number of carbonyl (C=O) groups excluding carboxylic acids is 2. The Morgan fingerprint density at radius 1 is 0.971 bits per heavy atom. The Morgan fingerprint density at radius 2 is 1.54 bits per heavy atom. The summed E-state index contributed by atoms with van der Waals surface area (Å²) in [7, 11) is 1.57. The zero-order valence-electron chi connectivity index (χ0n) is 18.6. The molecule has 10 heteroatoms. The Kier molecular flexibility index (Phi) is 7.80. The number of hydrogen-bond donors (Lipinski definition) is 1. The van der Waals surface area contributed by atoms with Gasteiger partial charge in [-0.05, 0) is 36.8 Å². The molecule has 0 radical (unpaired) electrons. The Morgan fingerprint density at radius 3 is 2.11 bits per heavy atom. The molecule has 1 unspecified atom stereocenters. The van der Waals surface area contributed by atoms with E-state index < -0.39 is 52.0 Å². The third-order valence-electron chi connectivity index (χ3n) is 5.29. The average Bonchev–Trinajstić information content (AvgIpc) is 2.77. The van der Waals surface area contributed by atoms with Crippen LogP contribution < -0.4 is 10.2 Å². The van der Waals surface area contributed by atoms with Crippen molar-refractivity contribution < 1.29 is 31.5 Å². The molecule has 3 aromatic rings. The van der Waals surface area contributed by atoms with Crippen LogP contribution in [0.5, 0.6) is 0 Å². The number of alkyl halides is 1. The molecule has 0 aliphatic carbocycles. The third-order valence-corrected chi connectivity index (χ3v) is 5.59. The van der Waals surface area contributed by atoms with Gasteiger partial charge in [-0.2, -0.15) is 0 Å². The highest BCUT2D eigenvalue weighted by Gasteiger charge is 2.28. The van der Waals surface area contributed by atoms with Gasteiger partial charge in [0, 0.05) is 60.7 Å². The van der Waals surface area contributed by atoms with Gasteiger partial charge in [-0.15, -0.1) is 11.6 Å². The number of halogens is 6. The Balaban J connectivity index is 1.91. The first-order chi connectivity index (χ1) is 16.4. The predicted molar refractivity (Wildman–Crippen MR) is 122 cm³/mol. The van der Waals surface area contributed by atoms with Gasteiger partial charge < -0.3 is 15.0 Å². The molecule has 1 atom stereocenters. The lowest BCUT2D eigenvalue weighted by atomic mass is 9.96. The largest absolute Gasteiger partial charge is 0.370 e. The summed E-state index contributed by atoms with van der Waals surface area (Å²) in [5.74, 6) is -5.63. The van der Waals surface area contributed by atoms with E-state index in [2.05, 4.69) is 5.32 Å². The zero-order chi connectivity index (χ0) is 25.9. The van der Waals surface area contributed by atoms with Crippen LogP contribution >= 0.6 is 11.6 Å². The summed E-state index contributed by atoms with van der Waals surface area (Å²) in [5, 5.41) is 2.36. The van der Waals surface area contributed by atoms with E-state index in [0.717, 1.165) is 18.2 Å². The number of aldehydes is 1. The maximum absolute atomic E-state index is 13.9. The molecule has 3 aromatic carbocycles. The zero-order valence-corrected chi connectivity index (χ0v) is 19.4. The Bertz CT molecular complexity index is 1240. The van der Waals surface area contributed by atoms with Crippen LogP contribution in [-0.2, 0) is 22.8 Å². The maximum Gasteiger partial charge on any atom is 0.251 e. The van der Waals surface area contributed by atoms with E-state index in [1.807, 2.05) is 0 Å². The van der Waals surface area contributed by atoms with Crippen LogP contribution in [0.25, 0.3) is 0 Å². The molecular weight excluding hydrogens is 491 g/mol. The smallest absolute Gasteiger partial charge is 0.251 e. The minimum Gasteiger partial charge on any atom is -0.370 e. The molecule has 0 heterocycles. The predicted octanol–water partition coefficient (Wildman–Crippen LogP) is 5.60. The molecule has 3 rings (SSSR count). The lowest BCUT2D eigenvalue weighted by Crippen LogP contribution is -2.27. The first kappa shape index (κ1) is 26.2. The molecular formula is C25H20ClF5N2O2. The van der Waals surface area contributed by atoms with Gasteiger partial charge in [-0.25, -0.2) is 22.0 Å². The van der Waals surface area contributed by atoms with Crippen molar-refractivity contribution in [3.8, 4) is 0 Å². The van der Waals surface area contributed by atoms with Crippen LogP contribution in [-0.4, -0.2) is 19.2 Å². The summed E-state index contributed by atoms with van der Waals surface area (Å²) in [5.41, 5.74) is 0.459. The van der Waals surface area contributed by atoms with E-state index in [9.17, 15) is 31.5 Å². The average molecular weight is 511 g/mol. The number of amides is 1. The maximum atomic E-state index is 13.9. The second-order valence-electron chi connectivity index (χ2n) is 8.09. The summed E-state index contributed by atoms with van der Waals surface area (Å²) < 4.78 is 68.1. The third kappa shape index (κ3) is 6.16. The molecule has 0 saturated carbocycles. The number of anilines is 1. The molecule has 0 saturated heterocycles. The summed E-state index contributed by atoms with van der Waals surface area (Å²) in [6, 6.07) is 8.21.